The summed E-state index contributed by atoms with van der Waals surface area (Å²) in [7, 11) is 3.50. The zero-order valence-corrected chi connectivity index (χ0v) is 16.5. The number of aliphatic hydroxyl groups is 1. The van der Waals surface area contributed by atoms with Gasteiger partial charge >= 0.3 is 5.97 Å². The summed E-state index contributed by atoms with van der Waals surface area (Å²) < 4.78 is 0. The number of likely N-dealkylation sites (N-methyl/N-ethyl adjacent to an activating group) is 1. The average Bonchev–Trinajstić information content (AvgIpc) is 2.95. The molecule has 3 N–H and O–H groups in total. The number of nitrogens with zero attached hydrogens (tertiary/aromatic N) is 2. The van der Waals surface area contributed by atoms with Gasteiger partial charge in [-0.05, 0) is 33.5 Å². The minimum Gasteiger partial charge on any atom is -0.479 e. The number of imide groups is 1. The summed E-state index contributed by atoms with van der Waals surface area (Å²) in [5, 5.41) is 18.5. The van der Waals surface area contributed by atoms with Crippen molar-refractivity contribution in [1.29, 1.82) is 0 Å². The Labute approximate surface area is 163 Å². The number of carboxylic acid groups (broad SMARTS) is 1. The van der Waals surface area contributed by atoms with Gasteiger partial charge in [0, 0.05) is 6.54 Å². The summed E-state index contributed by atoms with van der Waals surface area (Å²) in [6, 6.07) is 8.21. The topological polar surface area (TPSA) is 127 Å². The van der Waals surface area contributed by atoms with Gasteiger partial charge in [0.15, 0.2) is 0 Å². The Bertz CT molecular complexity index is 705. The van der Waals surface area contributed by atoms with Gasteiger partial charge in [-0.15, -0.1) is 0 Å². The first-order valence-electron chi connectivity index (χ1n) is 8.81. The van der Waals surface area contributed by atoms with E-state index in [-0.39, 0.29) is 24.1 Å². The van der Waals surface area contributed by atoms with Crippen molar-refractivity contribution in [2.45, 2.75) is 45.0 Å². The van der Waals surface area contributed by atoms with Crippen molar-refractivity contribution in [3.63, 3.8) is 0 Å². The molecule has 3 atom stereocenters. The van der Waals surface area contributed by atoms with Crippen molar-refractivity contribution in [2.24, 2.45) is 0 Å². The molecule has 1 aromatic rings. The number of amides is 3. The van der Waals surface area contributed by atoms with Gasteiger partial charge in [0.1, 0.15) is 12.1 Å². The van der Waals surface area contributed by atoms with E-state index < -0.39 is 24.2 Å². The Morgan fingerprint density at radius 1 is 1.21 bits per heavy atom. The zero-order chi connectivity index (χ0) is 21.4. The highest BCUT2D eigenvalue weighted by molar-refractivity contribution is 6.08. The summed E-state index contributed by atoms with van der Waals surface area (Å²) in [5.41, 5.74) is 0.966. The molecule has 1 heterocycles. The number of carbonyl (C=O) groups excluding carboxylic acids is 3. The fourth-order valence-electron chi connectivity index (χ4n) is 2.49. The molecule has 1 aromatic carbocycles. The largest absolute Gasteiger partial charge is 0.479 e. The van der Waals surface area contributed by atoms with Crippen LogP contribution in [0.4, 0.5) is 0 Å². The summed E-state index contributed by atoms with van der Waals surface area (Å²) in [4.78, 5) is 48.7. The van der Waals surface area contributed by atoms with Gasteiger partial charge < -0.3 is 15.5 Å². The number of rotatable bonds is 6. The molecule has 0 aromatic heterocycles. The van der Waals surface area contributed by atoms with Crippen molar-refractivity contribution < 1.29 is 29.4 Å². The van der Waals surface area contributed by atoms with Crippen LogP contribution in [0.1, 0.15) is 25.8 Å². The Balaban J connectivity index is 0.000000568. The zero-order valence-electron chi connectivity index (χ0n) is 16.5. The van der Waals surface area contributed by atoms with Gasteiger partial charge in [-0.1, -0.05) is 30.3 Å². The van der Waals surface area contributed by atoms with E-state index >= 15 is 0 Å². The lowest BCUT2D eigenvalue weighted by Gasteiger charge is -2.23. The number of carboxylic acids is 1. The average molecular weight is 393 g/mol. The maximum absolute atomic E-state index is 12.3. The first-order chi connectivity index (χ1) is 13.1. The van der Waals surface area contributed by atoms with Gasteiger partial charge in [-0.3, -0.25) is 24.2 Å². The number of nitrogens with one attached hydrogen (secondary N) is 1. The van der Waals surface area contributed by atoms with E-state index in [9.17, 15) is 19.2 Å². The van der Waals surface area contributed by atoms with E-state index in [4.69, 9.17) is 10.2 Å². The molecule has 28 heavy (non-hydrogen) atoms. The van der Waals surface area contributed by atoms with E-state index in [0.717, 1.165) is 10.5 Å². The fourth-order valence-corrected chi connectivity index (χ4v) is 2.49. The highest BCUT2D eigenvalue weighted by Gasteiger charge is 2.43. The molecule has 9 nitrogen and oxygen atoms in total. The molecule has 0 saturated carbocycles. The summed E-state index contributed by atoms with van der Waals surface area (Å²) in [6.07, 6.45) is -1.10. The lowest BCUT2D eigenvalue weighted by Crippen LogP contribution is -2.49. The number of benzene rings is 1. The normalized spacial score (nSPS) is 18.4. The quantitative estimate of drug-likeness (QED) is 0.573. The summed E-state index contributed by atoms with van der Waals surface area (Å²) in [6.45, 7) is 3.15. The number of aliphatic hydroxyl groups excluding tert-OH is 1. The van der Waals surface area contributed by atoms with Crippen LogP contribution in [0.25, 0.3) is 0 Å². The summed E-state index contributed by atoms with van der Waals surface area (Å²) >= 11 is 0. The lowest BCUT2D eigenvalue weighted by molar-refractivity contribution is -0.147. The maximum atomic E-state index is 12.3. The van der Waals surface area contributed by atoms with Crippen molar-refractivity contribution in [3.8, 4) is 0 Å². The van der Waals surface area contributed by atoms with E-state index in [1.54, 1.807) is 25.9 Å². The predicted molar refractivity (Wildman–Crippen MR) is 101 cm³/mol. The standard InChI is InChI=1S/C16H21N3O3.C3H6O3/c1-11(15(21)17-10-12-7-5-4-6-8-12)19-14(20)9-13(16(19)22)18(2)3;1-2(4)3(5)6/h4-8,11,13H,9-10H2,1-3H3,(H,17,21);2,4H,1H3,(H,5,6)/t11?,13-;/m0./s1. The van der Waals surface area contributed by atoms with Crippen molar-refractivity contribution in [1.82, 2.24) is 15.1 Å². The number of hydrogen-bond acceptors (Lipinski definition) is 6. The molecule has 2 unspecified atom stereocenters. The Morgan fingerprint density at radius 3 is 2.18 bits per heavy atom. The van der Waals surface area contributed by atoms with Crippen molar-refractivity contribution in [2.75, 3.05) is 14.1 Å². The third kappa shape index (κ3) is 6.43. The van der Waals surface area contributed by atoms with Crippen LogP contribution in [0.15, 0.2) is 30.3 Å². The van der Waals surface area contributed by atoms with Crippen LogP contribution in [0.5, 0.6) is 0 Å². The highest BCUT2D eigenvalue weighted by atomic mass is 16.4. The van der Waals surface area contributed by atoms with Gasteiger partial charge in [0.2, 0.25) is 17.7 Å². The number of hydrogen-bond donors (Lipinski definition) is 3. The van der Waals surface area contributed by atoms with Gasteiger partial charge in [0.05, 0.1) is 12.5 Å². The van der Waals surface area contributed by atoms with Crippen LogP contribution < -0.4 is 5.32 Å². The molecule has 1 saturated heterocycles. The van der Waals surface area contributed by atoms with Gasteiger partial charge in [-0.2, -0.15) is 0 Å². The molecule has 0 bridgehead atoms. The monoisotopic (exact) mass is 393 g/mol. The smallest absolute Gasteiger partial charge is 0.332 e. The van der Waals surface area contributed by atoms with Crippen molar-refractivity contribution in [3.05, 3.63) is 35.9 Å². The first kappa shape index (κ1) is 23.3. The maximum Gasteiger partial charge on any atom is 0.332 e. The van der Waals surface area contributed by atoms with Crippen LogP contribution in [0.3, 0.4) is 0 Å². The second-order valence-electron chi connectivity index (χ2n) is 6.68. The minimum atomic E-state index is -1.23. The van der Waals surface area contributed by atoms with Crippen LogP contribution >= 0.6 is 0 Å². The molecular weight excluding hydrogens is 366 g/mol. The predicted octanol–water partition coefficient (Wildman–Crippen LogP) is -0.168. The van der Waals surface area contributed by atoms with E-state index in [1.807, 2.05) is 30.3 Å². The fraction of sp³-hybridized carbons (Fsp3) is 0.474. The number of carbonyl (C=O) groups is 4. The molecule has 154 valence electrons. The molecule has 1 aliphatic heterocycles. The lowest BCUT2D eigenvalue weighted by atomic mass is 10.2. The summed E-state index contributed by atoms with van der Waals surface area (Å²) in [5.74, 6) is -2.12. The molecule has 1 aliphatic rings. The highest BCUT2D eigenvalue weighted by Crippen LogP contribution is 2.19. The second kappa shape index (κ2) is 10.5. The molecular formula is C19H27N3O6. The number of likely N-dealkylation sites (tertiary alicyclic amines) is 1. The molecule has 2 rings (SSSR count). The van der Waals surface area contributed by atoms with E-state index in [0.29, 0.717) is 6.54 Å². The SMILES string of the molecule is CC(C(=O)NCc1ccccc1)N1C(=O)C[C@H](N(C)C)C1=O.CC(O)C(=O)O. The molecule has 9 heteroatoms. The Morgan fingerprint density at radius 2 is 1.75 bits per heavy atom. The number of aliphatic carboxylic acids is 1. The van der Waals surface area contributed by atoms with Gasteiger partial charge in [0.25, 0.3) is 0 Å². The van der Waals surface area contributed by atoms with Crippen LogP contribution in [-0.2, 0) is 25.7 Å². The molecule has 1 fully saturated rings. The Hall–Kier alpha value is -2.78. The van der Waals surface area contributed by atoms with Crippen LogP contribution in [0, 0.1) is 0 Å². The van der Waals surface area contributed by atoms with E-state index in [1.165, 1.54) is 6.92 Å². The second-order valence-corrected chi connectivity index (χ2v) is 6.68. The molecule has 3 amide bonds. The molecule has 0 aliphatic carbocycles. The third-order valence-electron chi connectivity index (χ3n) is 4.22. The van der Waals surface area contributed by atoms with Crippen LogP contribution in [0.2, 0.25) is 0 Å². The van der Waals surface area contributed by atoms with E-state index in [2.05, 4.69) is 5.32 Å². The third-order valence-corrected chi connectivity index (χ3v) is 4.22. The minimum absolute atomic E-state index is 0.127. The van der Waals surface area contributed by atoms with Gasteiger partial charge in [-0.25, -0.2) is 4.79 Å². The van der Waals surface area contributed by atoms with Crippen molar-refractivity contribution >= 4 is 23.7 Å². The molecule has 0 spiro atoms. The van der Waals surface area contributed by atoms with Crippen LogP contribution in [-0.4, -0.2) is 76.0 Å². The Kier molecular flexibility index (Phi) is 8.75. The first-order valence-corrected chi connectivity index (χ1v) is 8.81. The molecule has 0 radical (unpaired) electrons.